The van der Waals surface area contributed by atoms with Crippen molar-refractivity contribution in [3.63, 3.8) is 0 Å². The van der Waals surface area contributed by atoms with E-state index in [0.717, 1.165) is 4.90 Å². The molecule has 0 aromatic heterocycles. The van der Waals surface area contributed by atoms with Crippen LogP contribution >= 0.6 is 35.0 Å². The van der Waals surface area contributed by atoms with Crippen molar-refractivity contribution in [3.8, 4) is 0 Å². The van der Waals surface area contributed by atoms with Crippen LogP contribution in [0, 0.1) is 0 Å². The summed E-state index contributed by atoms with van der Waals surface area (Å²) < 4.78 is 0. The number of hydrogen-bond acceptors (Lipinski definition) is 3. The summed E-state index contributed by atoms with van der Waals surface area (Å²) in [6.45, 7) is 0. The Labute approximate surface area is 154 Å². The quantitative estimate of drug-likeness (QED) is 0.581. The number of thioether (sulfide) groups is 1. The van der Waals surface area contributed by atoms with Crippen LogP contribution in [0.2, 0.25) is 10.0 Å². The zero-order valence-corrected chi connectivity index (χ0v) is 14.8. The third-order valence-electron chi connectivity index (χ3n) is 2.89. The van der Waals surface area contributed by atoms with Crippen LogP contribution in [0.4, 0.5) is 5.69 Å². The number of amides is 2. The van der Waals surface area contributed by atoms with Gasteiger partial charge in [-0.1, -0.05) is 35.3 Å². The normalized spacial score (nSPS) is 10.8. The molecular weight excluding hydrogens is 367 g/mol. The first-order valence-electron chi connectivity index (χ1n) is 6.90. The van der Waals surface area contributed by atoms with Gasteiger partial charge in [-0.05, 0) is 42.0 Å². The van der Waals surface area contributed by atoms with E-state index in [0.29, 0.717) is 21.3 Å². The molecular formula is C17H14Cl2N2O2S. The highest BCUT2D eigenvalue weighted by atomic mass is 35.5. The summed E-state index contributed by atoms with van der Waals surface area (Å²) in [6, 6.07) is 12.2. The van der Waals surface area contributed by atoms with E-state index in [1.165, 1.54) is 17.8 Å². The number of primary amides is 1. The second-order valence-electron chi connectivity index (χ2n) is 4.74. The van der Waals surface area contributed by atoms with Gasteiger partial charge in [0.2, 0.25) is 11.8 Å². The van der Waals surface area contributed by atoms with Gasteiger partial charge in [-0.2, -0.15) is 0 Å². The molecule has 0 saturated carbocycles. The number of nitrogens with one attached hydrogen (secondary N) is 1. The fourth-order valence-electron chi connectivity index (χ4n) is 1.83. The summed E-state index contributed by atoms with van der Waals surface area (Å²) >= 11 is 13.2. The highest BCUT2D eigenvalue weighted by Gasteiger charge is 2.07. The lowest BCUT2D eigenvalue weighted by Crippen LogP contribution is -2.13. The summed E-state index contributed by atoms with van der Waals surface area (Å²) in [5.74, 6) is -0.601. The molecule has 24 heavy (non-hydrogen) atoms. The molecule has 2 rings (SSSR count). The van der Waals surface area contributed by atoms with E-state index in [4.69, 9.17) is 28.9 Å². The van der Waals surface area contributed by atoms with E-state index in [1.54, 1.807) is 42.5 Å². The molecule has 0 heterocycles. The molecule has 2 aromatic carbocycles. The Morgan fingerprint density at radius 2 is 1.92 bits per heavy atom. The maximum atomic E-state index is 12.1. The summed E-state index contributed by atoms with van der Waals surface area (Å²) in [5.41, 5.74) is 6.40. The molecule has 3 N–H and O–H groups in total. The van der Waals surface area contributed by atoms with Crippen LogP contribution in [0.15, 0.2) is 53.4 Å². The first-order valence-corrected chi connectivity index (χ1v) is 8.64. The van der Waals surface area contributed by atoms with Crippen LogP contribution in [0.25, 0.3) is 6.08 Å². The molecule has 0 aliphatic heterocycles. The van der Waals surface area contributed by atoms with Crippen molar-refractivity contribution in [3.05, 3.63) is 64.1 Å². The van der Waals surface area contributed by atoms with Gasteiger partial charge in [0.05, 0.1) is 11.4 Å². The molecule has 0 saturated heterocycles. The van der Waals surface area contributed by atoms with E-state index >= 15 is 0 Å². The summed E-state index contributed by atoms with van der Waals surface area (Å²) in [5, 5.41) is 3.80. The fourth-order valence-corrected chi connectivity index (χ4v) is 2.94. The van der Waals surface area contributed by atoms with Crippen molar-refractivity contribution in [1.82, 2.24) is 0 Å². The van der Waals surface area contributed by atoms with Crippen molar-refractivity contribution in [2.45, 2.75) is 4.90 Å². The summed E-state index contributed by atoms with van der Waals surface area (Å²) in [4.78, 5) is 23.8. The molecule has 2 amide bonds. The Bertz CT molecular complexity index is 794. The van der Waals surface area contributed by atoms with Crippen LogP contribution in [0.5, 0.6) is 0 Å². The maximum absolute atomic E-state index is 12.1. The molecule has 0 unspecified atom stereocenters. The number of para-hydroxylation sites is 1. The number of carbonyl (C=O) groups excluding carboxylic acids is 2. The lowest BCUT2D eigenvalue weighted by Gasteiger charge is -2.08. The SMILES string of the molecule is NC(=O)CSc1ccccc1NC(=O)/C=C/c1cc(Cl)ccc1Cl. The van der Waals surface area contributed by atoms with Gasteiger partial charge in [0.15, 0.2) is 0 Å². The van der Waals surface area contributed by atoms with Crippen molar-refractivity contribution in [2.75, 3.05) is 11.1 Å². The second kappa shape index (κ2) is 8.78. The third-order valence-corrected chi connectivity index (χ3v) is 4.56. The molecule has 0 aliphatic carbocycles. The monoisotopic (exact) mass is 380 g/mol. The van der Waals surface area contributed by atoms with E-state index in [-0.39, 0.29) is 11.7 Å². The van der Waals surface area contributed by atoms with Crippen molar-refractivity contribution in [2.24, 2.45) is 5.73 Å². The highest BCUT2D eigenvalue weighted by Crippen LogP contribution is 2.27. The van der Waals surface area contributed by atoms with Gasteiger partial charge in [-0.25, -0.2) is 0 Å². The molecule has 0 atom stereocenters. The van der Waals surface area contributed by atoms with E-state index in [2.05, 4.69) is 5.32 Å². The molecule has 124 valence electrons. The van der Waals surface area contributed by atoms with Crippen LogP contribution in [-0.2, 0) is 9.59 Å². The maximum Gasteiger partial charge on any atom is 0.248 e. The Balaban J connectivity index is 2.08. The third kappa shape index (κ3) is 5.60. The van der Waals surface area contributed by atoms with Gasteiger partial charge >= 0.3 is 0 Å². The molecule has 4 nitrogen and oxygen atoms in total. The van der Waals surface area contributed by atoms with Crippen LogP contribution in [0.3, 0.4) is 0 Å². The zero-order valence-electron chi connectivity index (χ0n) is 12.5. The van der Waals surface area contributed by atoms with Gasteiger partial charge < -0.3 is 11.1 Å². The number of carbonyl (C=O) groups is 2. The van der Waals surface area contributed by atoms with Crippen LogP contribution < -0.4 is 11.1 Å². The molecule has 0 fully saturated rings. The summed E-state index contributed by atoms with van der Waals surface area (Å²) in [7, 11) is 0. The van der Waals surface area contributed by atoms with E-state index in [1.807, 2.05) is 6.07 Å². The number of halogens is 2. The Morgan fingerprint density at radius 1 is 1.17 bits per heavy atom. The van der Waals surface area contributed by atoms with Gasteiger partial charge in [-0.15, -0.1) is 11.8 Å². The van der Waals surface area contributed by atoms with Gasteiger partial charge in [0, 0.05) is 21.0 Å². The van der Waals surface area contributed by atoms with E-state index in [9.17, 15) is 9.59 Å². The number of rotatable bonds is 6. The lowest BCUT2D eigenvalue weighted by atomic mass is 10.2. The van der Waals surface area contributed by atoms with E-state index < -0.39 is 5.91 Å². The van der Waals surface area contributed by atoms with Gasteiger partial charge in [0.25, 0.3) is 0 Å². The van der Waals surface area contributed by atoms with Crippen LogP contribution in [0.1, 0.15) is 5.56 Å². The minimum absolute atomic E-state index is 0.140. The molecule has 0 aliphatic rings. The van der Waals surface area contributed by atoms with Gasteiger partial charge in [-0.3, -0.25) is 9.59 Å². The standard InChI is InChI=1S/C17H14Cl2N2O2S/c18-12-6-7-13(19)11(9-12)5-8-17(23)21-14-3-1-2-4-15(14)24-10-16(20)22/h1-9H,10H2,(H2,20,22)(H,21,23)/b8-5+. The van der Waals surface area contributed by atoms with Crippen molar-refractivity contribution in [1.29, 1.82) is 0 Å². The predicted octanol–water partition coefficient (Wildman–Crippen LogP) is 4.22. The number of benzene rings is 2. The Morgan fingerprint density at radius 3 is 2.67 bits per heavy atom. The lowest BCUT2D eigenvalue weighted by molar-refractivity contribution is -0.115. The molecule has 7 heteroatoms. The minimum atomic E-state index is -0.420. The van der Waals surface area contributed by atoms with Crippen LogP contribution in [-0.4, -0.2) is 17.6 Å². The summed E-state index contributed by atoms with van der Waals surface area (Å²) in [6.07, 6.45) is 2.95. The molecule has 0 spiro atoms. The number of anilines is 1. The average Bonchev–Trinajstić information content (AvgIpc) is 2.55. The Kier molecular flexibility index (Phi) is 6.73. The minimum Gasteiger partial charge on any atom is -0.369 e. The molecule has 2 aromatic rings. The topological polar surface area (TPSA) is 72.2 Å². The number of hydrogen-bond donors (Lipinski definition) is 2. The molecule has 0 bridgehead atoms. The fraction of sp³-hybridized carbons (Fsp3) is 0.0588. The smallest absolute Gasteiger partial charge is 0.248 e. The Hall–Kier alpha value is -1.95. The average molecular weight is 381 g/mol. The van der Waals surface area contributed by atoms with Crippen molar-refractivity contribution < 1.29 is 9.59 Å². The number of nitrogens with two attached hydrogens (primary N) is 1. The largest absolute Gasteiger partial charge is 0.369 e. The first-order chi connectivity index (χ1) is 11.5. The molecule has 0 radical (unpaired) electrons. The zero-order chi connectivity index (χ0) is 17.5. The predicted molar refractivity (Wildman–Crippen MR) is 100 cm³/mol. The van der Waals surface area contributed by atoms with Gasteiger partial charge in [0.1, 0.15) is 0 Å². The first kappa shape index (κ1) is 18.4. The highest BCUT2D eigenvalue weighted by molar-refractivity contribution is 8.00. The second-order valence-corrected chi connectivity index (χ2v) is 6.60. The van der Waals surface area contributed by atoms with Crippen molar-refractivity contribution >= 4 is 58.5 Å².